The van der Waals surface area contributed by atoms with E-state index in [-0.39, 0.29) is 17.7 Å². The Balaban J connectivity index is 1.88. The van der Waals surface area contributed by atoms with Crippen molar-refractivity contribution in [1.82, 2.24) is 24.5 Å². The smallest absolute Gasteiger partial charge is 0.228 e. The number of rotatable bonds is 6. The van der Waals surface area contributed by atoms with Gasteiger partial charge in [-0.1, -0.05) is 0 Å². The molecule has 0 unspecified atom stereocenters. The number of likely N-dealkylation sites (tertiary alicyclic amines) is 1. The van der Waals surface area contributed by atoms with Gasteiger partial charge >= 0.3 is 0 Å². The summed E-state index contributed by atoms with van der Waals surface area (Å²) in [6, 6.07) is 0. The predicted molar refractivity (Wildman–Crippen MR) is 82.9 cm³/mol. The maximum Gasteiger partial charge on any atom is 0.228 e. The number of hydrogen-bond acceptors (Lipinski definition) is 4. The van der Waals surface area contributed by atoms with Gasteiger partial charge in [0.2, 0.25) is 11.8 Å². The largest absolute Gasteiger partial charge is 0.341 e. The van der Waals surface area contributed by atoms with Gasteiger partial charge in [-0.25, -0.2) is 0 Å². The number of hydrogen-bond donors (Lipinski definition) is 0. The van der Waals surface area contributed by atoms with Crippen LogP contribution >= 0.6 is 0 Å². The minimum Gasteiger partial charge on any atom is -0.341 e. The zero-order valence-corrected chi connectivity index (χ0v) is 13.8. The highest BCUT2D eigenvalue weighted by Gasteiger charge is 2.35. The van der Waals surface area contributed by atoms with E-state index in [4.69, 9.17) is 0 Å². The van der Waals surface area contributed by atoms with Crippen LogP contribution < -0.4 is 0 Å². The van der Waals surface area contributed by atoms with Crippen LogP contribution in [0.1, 0.15) is 12.0 Å². The number of likely N-dealkylation sites (N-methyl/N-ethyl adjacent to an activating group) is 1. The zero-order valence-electron chi connectivity index (χ0n) is 13.8. The van der Waals surface area contributed by atoms with E-state index in [2.05, 4.69) is 5.10 Å². The number of aromatic nitrogens is 2. The summed E-state index contributed by atoms with van der Waals surface area (Å²) in [4.78, 5) is 30.0. The SMILES string of the molecule is CN(C)CCN1C[C@@H](C(=O)N(C)Cc2cnn(C)c2)CC1=O. The molecule has 122 valence electrons. The maximum absolute atomic E-state index is 12.5. The summed E-state index contributed by atoms with van der Waals surface area (Å²) in [5.41, 5.74) is 0.993. The molecule has 1 atom stereocenters. The molecule has 1 aromatic heterocycles. The molecule has 0 radical (unpaired) electrons. The van der Waals surface area contributed by atoms with E-state index in [1.54, 1.807) is 27.7 Å². The maximum atomic E-state index is 12.5. The molecule has 1 fully saturated rings. The molecule has 1 aromatic rings. The molecule has 1 aliphatic heterocycles. The van der Waals surface area contributed by atoms with Gasteiger partial charge in [0, 0.05) is 58.5 Å². The van der Waals surface area contributed by atoms with Gasteiger partial charge in [-0.3, -0.25) is 14.3 Å². The van der Waals surface area contributed by atoms with Crippen LogP contribution in [0.5, 0.6) is 0 Å². The van der Waals surface area contributed by atoms with Crippen LogP contribution in [-0.2, 0) is 23.2 Å². The van der Waals surface area contributed by atoms with Crippen LogP contribution in [-0.4, -0.2) is 77.1 Å². The Morgan fingerprint density at radius 1 is 1.41 bits per heavy atom. The lowest BCUT2D eigenvalue weighted by atomic mass is 10.1. The predicted octanol–water partition coefficient (Wildman–Crippen LogP) is -0.211. The van der Waals surface area contributed by atoms with Crippen LogP contribution in [0.4, 0.5) is 0 Å². The van der Waals surface area contributed by atoms with Crippen molar-refractivity contribution in [2.45, 2.75) is 13.0 Å². The molecule has 2 amide bonds. The Morgan fingerprint density at radius 2 is 2.14 bits per heavy atom. The van der Waals surface area contributed by atoms with Gasteiger partial charge in [-0.15, -0.1) is 0 Å². The minimum atomic E-state index is -0.226. The van der Waals surface area contributed by atoms with Gasteiger partial charge < -0.3 is 14.7 Å². The molecule has 7 nitrogen and oxygen atoms in total. The van der Waals surface area contributed by atoms with Crippen molar-refractivity contribution in [2.24, 2.45) is 13.0 Å². The summed E-state index contributed by atoms with van der Waals surface area (Å²) in [6.45, 7) is 2.55. The molecule has 0 N–H and O–H groups in total. The highest BCUT2D eigenvalue weighted by Crippen LogP contribution is 2.20. The van der Waals surface area contributed by atoms with Crippen LogP contribution in [0.25, 0.3) is 0 Å². The van der Waals surface area contributed by atoms with Gasteiger partial charge in [0.1, 0.15) is 0 Å². The molecule has 0 spiro atoms. The summed E-state index contributed by atoms with van der Waals surface area (Å²) >= 11 is 0. The average Bonchev–Trinajstić information content (AvgIpc) is 3.01. The van der Waals surface area contributed by atoms with Crippen molar-refractivity contribution in [3.05, 3.63) is 18.0 Å². The number of amides is 2. The fourth-order valence-corrected chi connectivity index (χ4v) is 2.69. The Hall–Kier alpha value is -1.89. The Kier molecular flexibility index (Phi) is 5.18. The normalized spacial score (nSPS) is 18.3. The molecular formula is C15H25N5O2. The third-order valence-electron chi connectivity index (χ3n) is 3.94. The van der Waals surface area contributed by atoms with Crippen molar-refractivity contribution in [2.75, 3.05) is 40.8 Å². The zero-order chi connectivity index (χ0) is 16.3. The first-order valence-electron chi connectivity index (χ1n) is 7.52. The molecule has 2 heterocycles. The summed E-state index contributed by atoms with van der Waals surface area (Å²) in [5.74, 6) is -0.115. The van der Waals surface area contributed by atoms with Crippen molar-refractivity contribution in [3.8, 4) is 0 Å². The van der Waals surface area contributed by atoms with Crippen LogP contribution in [0.3, 0.4) is 0 Å². The van der Waals surface area contributed by atoms with Gasteiger partial charge in [0.15, 0.2) is 0 Å². The molecule has 1 saturated heterocycles. The first-order valence-corrected chi connectivity index (χ1v) is 7.52. The van der Waals surface area contributed by atoms with E-state index >= 15 is 0 Å². The van der Waals surface area contributed by atoms with E-state index in [9.17, 15) is 9.59 Å². The van der Waals surface area contributed by atoms with Crippen molar-refractivity contribution < 1.29 is 9.59 Å². The van der Waals surface area contributed by atoms with Gasteiger partial charge in [0.25, 0.3) is 0 Å². The summed E-state index contributed by atoms with van der Waals surface area (Å²) in [5, 5.41) is 4.10. The molecule has 22 heavy (non-hydrogen) atoms. The second kappa shape index (κ2) is 6.91. The number of carbonyl (C=O) groups excluding carboxylic acids is 2. The van der Waals surface area contributed by atoms with Gasteiger partial charge in [0.05, 0.1) is 12.1 Å². The van der Waals surface area contributed by atoms with E-state index in [1.807, 2.05) is 32.2 Å². The summed E-state index contributed by atoms with van der Waals surface area (Å²) < 4.78 is 1.72. The van der Waals surface area contributed by atoms with Crippen molar-refractivity contribution in [1.29, 1.82) is 0 Å². The lowest BCUT2D eigenvalue weighted by Gasteiger charge is -2.21. The van der Waals surface area contributed by atoms with Crippen LogP contribution in [0.2, 0.25) is 0 Å². The van der Waals surface area contributed by atoms with E-state index in [0.29, 0.717) is 26.1 Å². The summed E-state index contributed by atoms with van der Waals surface area (Å²) in [6.07, 6.45) is 3.98. The molecule has 7 heteroatoms. The molecule has 0 bridgehead atoms. The van der Waals surface area contributed by atoms with Crippen LogP contribution in [0.15, 0.2) is 12.4 Å². The fourth-order valence-electron chi connectivity index (χ4n) is 2.69. The van der Waals surface area contributed by atoms with Gasteiger partial charge in [-0.2, -0.15) is 5.10 Å². The minimum absolute atomic E-state index is 0.0320. The second-order valence-corrected chi connectivity index (χ2v) is 6.26. The third-order valence-corrected chi connectivity index (χ3v) is 3.94. The van der Waals surface area contributed by atoms with Gasteiger partial charge in [-0.05, 0) is 14.1 Å². The highest BCUT2D eigenvalue weighted by atomic mass is 16.2. The van der Waals surface area contributed by atoms with E-state index in [1.165, 1.54) is 0 Å². The highest BCUT2D eigenvalue weighted by molar-refractivity contribution is 5.89. The number of aryl methyl sites for hydroxylation is 1. The Labute approximate surface area is 131 Å². The molecule has 0 saturated carbocycles. The lowest BCUT2D eigenvalue weighted by Crippen LogP contribution is -2.36. The van der Waals surface area contributed by atoms with Crippen LogP contribution in [0, 0.1) is 5.92 Å². The number of carbonyl (C=O) groups is 2. The third kappa shape index (κ3) is 4.07. The second-order valence-electron chi connectivity index (χ2n) is 6.26. The molecule has 2 rings (SSSR count). The first kappa shape index (κ1) is 16.5. The molecular weight excluding hydrogens is 282 g/mol. The lowest BCUT2D eigenvalue weighted by molar-refractivity contribution is -0.135. The molecule has 0 aliphatic carbocycles. The number of nitrogens with zero attached hydrogens (tertiary/aromatic N) is 5. The van der Waals surface area contributed by atoms with E-state index in [0.717, 1.165) is 12.1 Å². The molecule has 0 aromatic carbocycles. The fraction of sp³-hybridized carbons (Fsp3) is 0.667. The average molecular weight is 307 g/mol. The summed E-state index contributed by atoms with van der Waals surface area (Å²) in [7, 11) is 7.58. The molecule has 1 aliphatic rings. The standard InChI is InChI=1S/C15H25N5O2/c1-17(2)5-6-20-11-13(7-14(20)21)15(22)18(3)9-12-8-16-19(4)10-12/h8,10,13H,5-7,9,11H2,1-4H3/t13-/m0/s1. The van der Waals surface area contributed by atoms with E-state index < -0.39 is 0 Å². The Bertz CT molecular complexity index is 540. The van der Waals surface area contributed by atoms with Crippen molar-refractivity contribution >= 4 is 11.8 Å². The topological polar surface area (TPSA) is 61.7 Å². The monoisotopic (exact) mass is 307 g/mol. The van der Waals surface area contributed by atoms with Crippen molar-refractivity contribution in [3.63, 3.8) is 0 Å². The quantitative estimate of drug-likeness (QED) is 0.729. The first-order chi connectivity index (χ1) is 10.4. The Morgan fingerprint density at radius 3 is 2.73 bits per heavy atom.